The largest absolute Gasteiger partial charge is 0.487 e. The van der Waals surface area contributed by atoms with E-state index in [1.807, 2.05) is 12.1 Å². The van der Waals surface area contributed by atoms with E-state index < -0.39 is 0 Å². The van der Waals surface area contributed by atoms with Gasteiger partial charge in [0.1, 0.15) is 12.4 Å². The Morgan fingerprint density at radius 2 is 1.80 bits per heavy atom. The summed E-state index contributed by atoms with van der Waals surface area (Å²) in [6, 6.07) is 13.4. The van der Waals surface area contributed by atoms with Gasteiger partial charge in [0.2, 0.25) is 0 Å². The summed E-state index contributed by atoms with van der Waals surface area (Å²) in [6.45, 7) is 3.21. The highest BCUT2D eigenvalue weighted by molar-refractivity contribution is 6.34. The number of hydrogen-bond donors (Lipinski definition) is 1. The molecule has 2 aromatic rings. The van der Waals surface area contributed by atoms with Crippen LogP contribution in [0, 0.1) is 0 Å². The van der Waals surface area contributed by atoms with E-state index >= 15 is 0 Å². The van der Waals surface area contributed by atoms with E-state index in [1.165, 1.54) is 5.56 Å². The van der Waals surface area contributed by atoms with Gasteiger partial charge < -0.3 is 10.5 Å². The minimum Gasteiger partial charge on any atom is -0.487 e. The molecule has 0 heterocycles. The molecular weight excluding hydrogens is 293 g/mol. The quantitative estimate of drug-likeness (QED) is 0.873. The van der Waals surface area contributed by atoms with Crippen LogP contribution in [0.25, 0.3) is 0 Å². The summed E-state index contributed by atoms with van der Waals surface area (Å²) >= 11 is 12.0. The Bertz CT molecular complexity index is 569. The third-order valence-corrected chi connectivity index (χ3v) is 3.74. The highest BCUT2D eigenvalue weighted by Crippen LogP contribution is 2.28. The summed E-state index contributed by atoms with van der Waals surface area (Å²) in [5.74, 6) is 0.964. The zero-order chi connectivity index (χ0) is 14.5. The first kappa shape index (κ1) is 15.2. The first-order valence-electron chi connectivity index (χ1n) is 6.47. The lowest BCUT2D eigenvalue weighted by Gasteiger charge is -2.11. The summed E-state index contributed by atoms with van der Waals surface area (Å²) in [6.07, 6.45) is 0. The third kappa shape index (κ3) is 3.89. The number of ether oxygens (including phenoxy) is 1. The monoisotopic (exact) mass is 309 g/mol. The van der Waals surface area contributed by atoms with Crippen molar-refractivity contribution in [2.45, 2.75) is 19.4 Å². The predicted molar refractivity (Wildman–Crippen MR) is 84.7 cm³/mol. The van der Waals surface area contributed by atoms with Crippen LogP contribution in [0.5, 0.6) is 5.75 Å². The molecule has 2 N–H and O–H groups in total. The summed E-state index contributed by atoms with van der Waals surface area (Å²) in [7, 11) is 0. The maximum Gasteiger partial charge on any atom is 0.139 e. The lowest BCUT2D eigenvalue weighted by atomic mass is 10.0. The van der Waals surface area contributed by atoms with Crippen molar-refractivity contribution in [3.05, 3.63) is 63.6 Å². The molecule has 2 rings (SSSR count). The van der Waals surface area contributed by atoms with Crippen molar-refractivity contribution in [2.24, 2.45) is 5.73 Å². The Morgan fingerprint density at radius 3 is 2.45 bits per heavy atom. The van der Waals surface area contributed by atoms with E-state index in [1.54, 1.807) is 18.2 Å². The van der Waals surface area contributed by atoms with Crippen molar-refractivity contribution in [1.29, 1.82) is 0 Å². The van der Waals surface area contributed by atoms with E-state index in [4.69, 9.17) is 33.7 Å². The fraction of sp³-hybridized carbons (Fsp3) is 0.250. The van der Waals surface area contributed by atoms with Gasteiger partial charge in [-0.1, -0.05) is 54.4 Å². The van der Waals surface area contributed by atoms with Crippen molar-refractivity contribution in [1.82, 2.24) is 0 Å². The van der Waals surface area contributed by atoms with Gasteiger partial charge in [-0.05, 0) is 35.7 Å². The van der Waals surface area contributed by atoms with Gasteiger partial charge in [-0.2, -0.15) is 0 Å². The number of hydrogen-bond acceptors (Lipinski definition) is 2. The van der Waals surface area contributed by atoms with Crippen molar-refractivity contribution >= 4 is 23.2 Å². The van der Waals surface area contributed by atoms with Crippen LogP contribution in [-0.4, -0.2) is 6.54 Å². The van der Waals surface area contributed by atoms with Gasteiger partial charge in [-0.15, -0.1) is 0 Å². The topological polar surface area (TPSA) is 35.2 Å². The molecule has 0 aliphatic carbocycles. The minimum atomic E-state index is 0.368. The summed E-state index contributed by atoms with van der Waals surface area (Å²) in [4.78, 5) is 0. The Kier molecular flexibility index (Phi) is 5.30. The van der Waals surface area contributed by atoms with Crippen LogP contribution in [0.4, 0.5) is 0 Å². The molecule has 0 amide bonds. The third-order valence-electron chi connectivity index (χ3n) is 3.19. The molecule has 0 bridgehead atoms. The second kappa shape index (κ2) is 6.98. The average molecular weight is 310 g/mol. The summed E-state index contributed by atoms with van der Waals surface area (Å²) in [5, 5.41) is 1.17. The smallest absolute Gasteiger partial charge is 0.139 e. The van der Waals surface area contributed by atoms with E-state index in [2.05, 4.69) is 19.1 Å². The summed E-state index contributed by atoms with van der Waals surface area (Å²) in [5.41, 5.74) is 7.97. The molecule has 2 aromatic carbocycles. The van der Waals surface area contributed by atoms with Gasteiger partial charge >= 0.3 is 0 Å². The molecular formula is C16H17Cl2NO. The molecule has 0 aliphatic heterocycles. The molecule has 1 unspecified atom stereocenters. The van der Waals surface area contributed by atoms with Crippen molar-refractivity contribution in [3.63, 3.8) is 0 Å². The average Bonchev–Trinajstić information content (AvgIpc) is 2.48. The van der Waals surface area contributed by atoms with Crippen LogP contribution in [0.3, 0.4) is 0 Å². The molecule has 2 nitrogen and oxygen atoms in total. The second-order valence-electron chi connectivity index (χ2n) is 4.74. The highest BCUT2D eigenvalue weighted by Gasteiger charge is 2.05. The number of rotatable bonds is 5. The Labute approximate surface area is 129 Å². The molecule has 1 atom stereocenters. The van der Waals surface area contributed by atoms with Crippen LogP contribution < -0.4 is 10.5 Å². The zero-order valence-electron chi connectivity index (χ0n) is 11.3. The van der Waals surface area contributed by atoms with E-state index in [9.17, 15) is 0 Å². The molecule has 0 fully saturated rings. The maximum absolute atomic E-state index is 6.05. The molecule has 0 radical (unpaired) electrons. The Hall–Kier alpha value is -1.22. The van der Waals surface area contributed by atoms with Gasteiger partial charge in [0.05, 0.1) is 5.02 Å². The summed E-state index contributed by atoms with van der Waals surface area (Å²) < 4.78 is 5.69. The molecule has 0 spiro atoms. The normalized spacial score (nSPS) is 12.2. The lowest BCUT2D eigenvalue weighted by molar-refractivity contribution is 0.306. The van der Waals surface area contributed by atoms with Gasteiger partial charge in [0.15, 0.2) is 0 Å². The van der Waals surface area contributed by atoms with E-state index in [0.717, 1.165) is 5.56 Å². The Balaban J connectivity index is 2.02. The predicted octanol–water partition coefficient (Wildman–Crippen LogP) is 4.63. The SMILES string of the molecule is CC(CN)c1ccc(COc2cc(Cl)ccc2Cl)cc1. The first-order chi connectivity index (χ1) is 9.60. The van der Waals surface area contributed by atoms with Crippen LogP contribution in [0.15, 0.2) is 42.5 Å². The number of benzene rings is 2. The van der Waals surface area contributed by atoms with Gasteiger partial charge in [0.25, 0.3) is 0 Å². The lowest BCUT2D eigenvalue weighted by Crippen LogP contribution is -2.08. The number of halogens is 2. The van der Waals surface area contributed by atoms with Gasteiger partial charge in [-0.3, -0.25) is 0 Å². The molecule has 0 saturated carbocycles. The fourth-order valence-corrected chi connectivity index (χ4v) is 2.16. The molecule has 0 aromatic heterocycles. The van der Waals surface area contributed by atoms with Gasteiger partial charge in [0, 0.05) is 11.1 Å². The maximum atomic E-state index is 6.05. The fourth-order valence-electron chi connectivity index (χ4n) is 1.83. The number of nitrogens with two attached hydrogens (primary N) is 1. The van der Waals surface area contributed by atoms with Crippen LogP contribution >= 0.6 is 23.2 Å². The minimum absolute atomic E-state index is 0.368. The van der Waals surface area contributed by atoms with Crippen LogP contribution in [0.1, 0.15) is 24.0 Å². The standard InChI is InChI=1S/C16H17Cl2NO/c1-11(9-19)13-4-2-12(3-5-13)10-20-16-8-14(17)6-7-15(16)18/h2-8,11H,9-10,19H2,1H3. The highest BCUT2D eigenvalue weighted by atomic mass is 35.5. The molecule has 4 heteroatoms. The second-order valence-corrected chi connectivity index (χ2v) is 5.59. The van der Waals surface area contributed by atoms with Gasteiger partial charge in [-0.25, -0.2) is 0 Å². The van der Waals surface area contributed by atoms with E-state index in [0.29, 0.717) is 34.9 Å². The molecule has 0 aliphatic rings. The van der Waals surface area contributed by atoms with E-state index in [-0.39, 0.29) is 0 Å². The van der Waals surface area contributed by atoms with Crippen molar-refractivity contribution in [2.75, 3.05) is 6.54 Å². The molecule has 20 heavy (non-hydrogen) atoms. The van der Waals surface area contributed by atoms with Crippen molar-refractivity contribution in [3.8, 4) is 5.75 Å². The molecule has 106 valence electrons. The Morgan fingerprint density at radius 1 is 1.10 bits per heavy atom. The zero-order valence-corrected chi connectivity index (χ0v) is 12.8. The van der Waals surface area contributed by atoms with Crippen LogP contribution in [0.2, 0.25) is 10.0 Å². The van der Waals surface area contributed by atoms with Crippen molar-refractivity contribution < 1.29 is 4.74 Å². The van der Waals surface area contributed by atoms with Crippen LogP contribution in [-0.2, 0) is 6.61 Å². The molecule has 0 saturated heterocycles. The first-order valence-corrected chi connectivity index (χ1v) is 7.22.